The van der Waals surface area contributed by atoms with E-state index in [2.05, 4.69) is 17.1 Å². The Labute approximate surface area is 119 Å². The van der Waals surface area contributed by atoms with Crippen LogP contribution in [-0.2, 0) is 0 Å². The Morgan fingerprint density at radius 2 is 2.30 bits per heavy atom. The highest BCUT2D eigenvalue weighted by molar-refractivity contribution is 5.77. The van der Waals surface area contributed by atoms with Gasteiger partial charge >= 0.3 is 5.69 Å². The summed E-state index contributed by atoms with van der Waals surface area (Å²) < 4.78 is 0. The maximum Gasteiger partial charge on any atom is 0.315 e. The van der Waals surface area contributed by atoms with E-state index in [1.165, 1.54) is 19.3 Å². The highest BCUT2D eigenvalue weighted by atomic mass is 16.6. The standard InChI is InChI=1S/C15H21N3O2/c1-2-8-16-13-4-3-5-14(15(13)18(19)20)17-10-11-6-7-12(17)9-11/h3-5,11-12,16H,2,6-10H2,1H3. The Morgan fingerprint density at radius 1 is 1.45 bits per heavy atom. The van der Waals surface area contributed by atoms with E-state index in [0.717, 1.165) is 31.1 Å². The molecule has 2 bridgehead atoms. The first-order chi connectivity index (χ1) is 9.70. The zero-order valence-electron chi connectivity index (χ0n) is 11.8. The summed E-state index contributed by atoms with van der Waals surface area (Å²) in [5.41, 5.74) is 1.69. The average molecular weight is 275 g/mol. The third kappa shape index (κ3) is 2.21. The van der Waals surface area contributed by atoms with Crippen molar-refractivity contribution in [3.63, 3.8) is 0 Å². The van der Waals surface area contributed by atoms with Crippen LogP contribution in [0.3, 0.4) is 0 Å². The van der Waals surface area contributed by atoms with Crippen LogP contribution in [0.15, 0.2) is 18.2 Å². The van der Waals surface area contributed by atoms with Gasteiger partial charge in [-0.3, -0.25) is 10.1 Å². The van der Waals surface area contributed by atoms with Crippen LogP contribution in [-0.4, -0.2) is 24.1 Å². The summed E-state index contributed by atoms with van der Waals surface area (Å²) in [4.78, 5) is 13.5. The van der Waals surface area contributed by atoms with Crippen molar-refractivity contribution in [2.75, 3.05) is 23.3 Å². The van der Waals surface area contributed by atoms with Gasteiger partial charge in [-0.25, -0.2) is 0 Å². The van der Waals surface area contributed by atoms with Crippen molar-refractivity contribution in [2.45, 2.75) is 38.6 Å². The van der Waals surface area contributed by atoms with Gasteiger partial charge in [0.1, 0.15) is 11.4 Å². The largest absolute Gasteiger partial charge is 0.379 e. The molecular formula is C15H21N3O2. The number of hydrogen-bond donors (Lipinski definition) is 1. The minimum atomic E-state index is -0.237. The highest BCUT2D eigenvalue weighted by Gasteiger charge is 2.40. The van der Waals surface area contributed by atoms with Crippen LogP contribution in [0.1, 0.15) is 32.6 Å². The van der Waals surface area contributed by atoms with Gasteiger partial charge in [0.05, 0.1) is 4.92 Å². The lowest BCUT2D eigenvalue weighted by atomic mass is 10.1. The summed E-state index contributed by atoms with van der Waals surface area (Å²) in [5.74, 6) is 0.729. The number of piperidine rings is 1. The third-order valence-electron chi connectivity index (χ3n) is 4.48. The summed E-state index contributed by atoms with van der Waals surface area (Å²) in [6.45, 7) is 3.79. The number of hydrogen-bond acceptors (Lipinski definition) is 4. The van der Waals surface area contributed by atoms with E-state index >= 15 is 0 Å². The predicted octanol–water partition coefficient (Wildman–Crippen LogP) is 3.41. The molecule has 0 amide bonds. The summed E-state index contributed by atoms with van der Waals surface area (Å²) >= 11 is 0. The van der Waals surface area contributed by atoms with Gasteiger partial charge in [0.15, 0.2) is 0 Å². The van der Waals surface area contributed by atoms with E-state index < -0.39 is 0 Å². The monoisotopic (exact) mass is 275 g/mol. The molecular weight excluding hydrogens is 254 g/mol. The van der Waals surface area contributed by atoms with Gasteiger partial charge in [-0.1, -0.05) is 13.0 Å². The molecule has 2 fully saturated rings. The quantitative estimate of drug-likeness (QED) is 0.661. The smallest absolute Gasteiger partial charge is 0.315 e. The number of benzene rings is 1. The van der Waals surface area contributed by atoms with Crippen molar-refractivity contribution < 1.29 is 4.92 Å². The van der Waals surface area contributed by atoms with Crippen molar-refractivity contribution in [3.8, 4) is 0 Å². The van der Waals surface area contributed by atoms with Gasteiger partial charge in [-0.05, 0) is 43.7 Å². The molecule has 1 aromatic rings. The van der Waals surface area contributed by atoms with Gasteiger partial charge in [-0.15, -0.1) is 0 Å². The lowest BCUT2D eigenvalue weighted by Crippen LogP contribution is -2.32. The Kier molecular flexibility index (Phi) is 3.51. The minimum absolute atomic E-state index is 0.237. The SMILES string of the molecule is CCCNc1cccc(N2CC3CCC2C3)c1[N+](=O)[O-]. The van der Waals surface area contributed by atoms with Crippen molar-refractivity contribution >= 4 is 17.1 Å². The van der Waals surface area contributed by atoms with E-state index in [1.54, 1.807) is 0 Å². The summed E-state index contributed by atoms with van der Waals surface area (Å²) in [6, 6.07) is 6.13. The first-order valence-corrected chi connectivity index (χ1v) is 7.48. The average Bonchev–Trinajstić information content (AvgIpc) is 3.07. The van der Waals surface area contributed by atoms with Crippen LogP contribution >= 0.6 is 0 Å². The van der Waals surface area contributed by atoms with Crippen molar-refractivity contribution in [1.82, 2.24) is 0 Å². The molecule has 1 saturated carbocycles. The highest BCUT2D eigenvalue weighted by Crippen LogP contribution is 2.45. The number of nitro groups is 1. The molecule has 2 aliphatic rings. The maximum atomic E-state index is 11.5. The van der Waals surface area contributed by atoms with Crippen molar-refractivity contribution in [2.24, 2.45) is 5.92 Å². The minimum Gasteiger partial charge on any atom is -0.379 e. The summed E-state index contributed by atoms with van der Waals surface area (Å²) in [5, 5.41) is 14.7. The van der Waals surface area contributed by atoms with E-state index in [9.17, 15) is 10.1 Å². The molecule has 1 N–H and O–H groups in total. The fraction of sp³-hybridized carbons (Fsp3) is 0.600. The summed E-state index contributed by atoms with van der Waals surface area (Å²) in [7, 11) is 0. The van der Waals surface area contributed by atoms with E-state index in [4.69, 9.17) is 0 Å². The predicted molar refractivity (Wildman–Crippen MR) is 80.4 cm³/mol. The zero-order valence-corrected chi connectivity index (χ0v) is 11.8. The molecule has 0 radical (unpaired) electrons. The number of nitrogens with zero attached hydrogens (tertiary/aromatic N) is 2. The Morgan fingerprint density at radius 3 is 2.90 bits per heavy atom. The Bertz CT molecular complexity index is 518. The molecule has 1 aromatic carbocycles. The van der Waals surface area contributed by atoms with Crippen LogP contribution in [0.4, 0.5) is 17.1 Å². The maximum absolute atomic E-state index is 11.5. The molecule has 5 nitrogen and oxygen atoms in total. The van der Waals surface area contributed by atoms with Crippen molar-refractivity contribution in [1.29, 1.82) is 0 Å². The third-order valence-corrected chi connectivity index (χ3v) is 4.48. The number of anilines is 2. The Balaban J connectivity index is 1.95. The van der Waals surface area contributed by atoms with Gasteiger partial charge in [0.25, 0.3) is 0 Å². The summed E-state index contributed by atoms with van der Waals surface area (Å²) in [6.07, 6.45) is 4.61. The zero-order chi connectivity index (χ0) is 14.1. The van der Waals surface area contributed by atoms with Gasteiger partial charge in [0, 0.05) is 19.1 Å². The topological polar surface area (TPSA) is 58.4 Å². The molecule has 1 aliphatic heterocycles. The molecule has 5 heteroatoms. The molecule has 20 heavy (non-hydrogen) atoms. The fourth-order valence-corrected chi connectivity index (χ4v) is 3.58. The number of fused-ring (bicyclic) bond motifs is 2. The lowest BCUT2D eigenvalue weighted by Gasteiger charge is -2.29. The van der Waals surface area contributed by atoms with E-state index in [-0.39, 0.29) is 10.6 Å². The molecule has 108 valence electrons. The molecule has 1 saturated heterocycles. The number of para-hydroxylation sites is 1. The van der Waals surface area contributed by atoms with Crippen LogP contribution in [0, 0.1) is 16.0 Å². The molecule has 0 aromatic heterocycles. The number of rotatable bonds is 5. The van der Waals surface area contributed by atoms with Crippen molar-refractivity contribution in [3.05, 3.63) is 28.3 Å². The molecule has 0 spiro atoms. The number of nitro benzene ring substituents is 1. The fourth-order valence-electron chi connectivity index (χ4n) is 3.58. The second kappa shape index (κ2) is 5.31. The Hall–Kier alpha value is -1.78. The van der Waals surface area contributed by atoms with Crippen LogP contribution in [0.5, 0.6) is 0 Å². The van der Waals surface area contributed by atoms with Gasteiger partial charge < -0.3 is 10.2 Å². The molecule has 1 aliphatic carbocycles. The van der Waals surface area contributed by atoms with E-state index in [0.29, 0.717) is 11.7 Å². The van der Waals surface area contributed by atoms with Gasteiger partial charge in [0.2, 0.25) is 0 Å². The normalized spacial score (nSPS) is 24.1. The molecule has 2 unspecified atom stereocenters. The van der Waals surface area contributed by atoms with Gasteiger partial charge in [-0.2, -0.15) is 0 Å². The molecule has 1 heterocycles. The van der Waals surface area contributed by atoms with Crippen LogP contribution in [0.2, 0.25) is 0 Å². The first kappa shape index (κ1) is 13.2. The molecule has 3 rings (SSSR count). The van der Waals surface area contributed by atoms with Crippen LogP contribution in [0.25, 0.3) is 0 Å². The lowest BCUT2D eigenvalue weighted by molar-refractivity contribution is -0.383. The van der Waals surface area contributed by atoms with Crippen LogP contribution < -0.4 is 10.2 Å². The van der Waals surface area contributed by atoms with E-state index in [1.807, 2.05) is 18.2 Å². The second-order valence-electron chi connectivity index (χ2n) is 5.84. The number of nitrogens with one attached hydrogen (secondary N) is 1. The molecule has 2 atom stereocenters. The second-order valence-corrected chi connectivity index (χ2v) is 5.84. The first-order valence-electron chi connectivity index (χ1n) is 7.48.